The molecule has 2 rings (SSSR count). The molecular weight excluding hydrogens is 160 g/mol. The third-order valence-electron chi connectivity index (χ3n) is 3.50. The second kappa shape index (κ2) is 3.58. The average Bonchev–Trinajstić information content (AvgIpc) is 2.90. The highest BCUT2D eigenvalue weighted by Gasteiger charge is 2.42. The summed E-state index contributed by atoms with van der Waals surface area (Å²) in [6, 6.07) is 0. The van der Waals surface area contributed by atoms with Gasteiger partial charge < -0.3 is 10.6 Å². The van der Waals surface area contributed by atoms with Gasteiger partial charge in [0.05, 0.1) is 0 Å². The molecule has 2 N–H and O–H groups in total. The van der Waals surface area contributed by atoms with E-state index in [0.717, 1.165) is 12.5 Å². The summed E-state index contributed by atoms with van der Waals surface area (Å²) in [5, 5.41) is 0. The summed E-state index contributed by atoms with van der Waals surface area (Å²) in [5.41, 5.74) is 6.26. The molecule has 2 aliphatic carbocycles. The Hall–Kier alpha value is -0.0800. The van der Waals surface area contributed by atoms with E-state index in [-0.39, 0.29) is 0 Å². The Morgan fingerprint density at radius 1 is 1.38 bits per heavy atom. The van der Waals surface area contributed by atoms with Gasteiger partial charge in [-0.05, 0) is 57.0 Å². The first-order valence-corrected chi connectivity index (χ1v) is 5.63. The molecule has 2 saturated carbocycles. The van der Waals surface area contributed by atoms with E-state index in [1.807, 2.05) is 0 Å². The number of nitrogens with zero attached hydrogens (tertiary/aromatic N) is 1. The van der Waals surface area contributed by atoms with Crippen molar-refractivity contribution in [3.63, 3.8) is 0 Å². The van der Waals surface area contributed by atoms with E-state index in [1.54, 1.807) is 0 Å². The van der Waals surface area contributed by atoms with Crippen LogP contribution in [0.2, 0.25) is 0 Å². The van der Waals surface area contributed by atoms with Crippen molar-refractivity contribution in [3.8, 4) is 0 Å². The number of hydrogen-bond donors (Lipinski definition) is 1. The molecule has 76 valence electrons. The van der Waals surface area contributed by atoms with Crippen LogP contribution in [-0.2, 0) is 0 Å². The summed E-state index contributed by atoms with van der Waals surface area (Å²) in [4.78, 5) is 2.53. The van der Waals surface area contributed by atoms with Gasteiger partial charge in [0, 0.05) is 13.1 Å². The van der Waals surface area contributed by atoms with E-state index >= 15 is 0 Å². The number of hydrogen-bond acceptors (Lipinski definition) is 2. The van der Waals surface area contributed by atoms with Crippen LogP contribution in [0.4, 0.5) is 0 Å². The zero-order valence-electron chi connectivity index (χ0n) is 8.76. The fraction of sp³-hybridized carbons (Fsp3) is 1.00. The monoisotopic (exact) mass is 182 g/mol. The van der Waals surface area contributed by atoms with Crippen molar-refractivity contribution in [2.45, 2.75) is 32.1 Å². The van der Waals surface area contributed by atoms with E-state index in [2.05, 4.69) is 11.9 Å². The van der Waals surface area contributed by atoms with Gasteiger partial charge in [0.2, 0.25) is 0 Å². The van der Waals surface area contributed by atoms with Gasteiger partial charge in [0.15, 0.2) is 0 Å². The highest BCUT2D eigenvalue weighted by Crippen LogP contribution is 2.49. The molecule has 0 aromatic carbocycles. The molecule has 2 fully saturated rings. The molecule has 0 atom stereocenters. The predicted octanol–water partition coefficient (Wildman–Crippen LogP) is 1.46. The maximum atomic E-state index is 5.63. The quantitative estimate of drug-likeness (QED) is 0.674. The lowest BCUT2D eigenvalue weighted by Gasteiger charge is -2.23. The normalized spacial score (nSPS) is 25.2. The fourth-order valence-corrected chi connectivity index (χ4v) is 2.35. The van der Waals surface area contributed by atoms with Gasteiger partial charge in [0.1, 0.15) is 0 Å². The molecule has 2 nitrogen and oxygen atoms in total. The average molecular weight is 182 g/mol. The summed E-state index contributed by atoms with van der Waals surface area (Å²) < 4.78 is 0. The van der Waals surface area contributed by atoms with E-state index in [0.29, 0.717) is 5.41 Å². The zero-order chi connectivity index (χ0) is 9.31. The molecule has 0 bridgehead atoms. The molecule has 13 heavy (non-hydrogen) atoms. The predicted molar refractivity (Wildman–Crippen MR) is 55.6 cm³/mol. The first-order chi connectivity index (χ1) is 6.24. The Kier molecular flexibility index (Phi) is 2.61. The maximum Gasteiger partial charge on any atom is 0.00355 e. The Morgan fingerprint density at radius 2 is 2.08 bits per heavy atom. The van der Waals surface area contributed by atoms with Gasteiger partial charge in [-0.1, -0.05) is 0 Å². The molecular formula is C11H22N2. The highest BCUT2D eigenvalue weighted by atomic mass is 15.1. The van der Waals surface area contributed by atoms with Crippen molar-refractivity contribution in [1.82, 2.24) is 4.90 Å². The lowest BCUT2D eigenvalue weighted by Crippen LogP contribution is -2.29. The molecule has 0 aromatic heterocycles. The summed E-state index contributed by atoms with van der Waals surface area (Å²) in [5.74, 6) is 1.03. The van der Waals surface area contributed by atoms with Crippen LogP contribution >= 0.6 is 0 Å². The van der Waals surface area contributed by atoms with Crippen molar-refractivity contribution < 1.29 is 0 Å². The van der Waals surface area contributed by atoms with Crippen molar-refractivity contribution in [2.75, 3.05) is 26.7 Å². The molecule has 0 saturated heterocycles. The molecule has 0 unspecified atom stereocenters. The SMILES string of the molecule is CN(CC1CC1)CC1(CCN)CC1. The van der Waals surface area contributed by atoms with Crippen LogP contribution in [0.25, 0.3) is 0 Å². The highest BCUT2D eigenvalue weighted by molar-refractivity contribution is 4.95. The number of nitrogens with two attached hydrogens (primary N) is 1. The third kappa shape index (κ3) is 2.68. The van der Waals surface area contributed by atoms with Crippen LogP contribution in [0.5, 0.6) is 0 Å². The van der Waals surface area contributed by atoms with E-state index in [9.17, 15) is 0 Å². The largest absolute Gasteiger partial charge is 0.330 e. The molecule has 0 spiro atoms. The first-order valence-electron chi connectivity index (χ1n) is 5.63. The molecule has 0 amide bonds. The zero-order valence-corrected chi connectivity index (χ0v) is 8.76. The van der Waals surface area contributed by atoms with Crippen molar-refractivity contribution >= 4 is 0 Å². The molecule has 0 aliphatic heterocycles. The summed E-state index contributed by atoms with van der Waals surface area (Å²) >= 11 is 0. The minimum Gasteiger partial charge on any atom is -0.330 e. The van der Waals surface area contributed by atoms with Crippen molar-refractivity contribution in [1.29, 1.82) is 0 Å². The Bertz CT molecular complexity index is 171. The topological polar surface area (TPSA) is 29.3 Å². The Morgan fingerprint density at radius 3 is 2.54 bits per heavy atom. The van der Waals surface area contributed by atoms with Crippen molar-refractivity contribution in [3.05, 3.63) is 0 Å². The van der Waals surface area contributed by atoms with E-state index in [4.69, 9.17) is 5.73 Å². The molecule has 0 heterocycles. The van der Waals surface area contributed by atoms with Crippen LogP contribution in [0.3, 0.4) is 0 Å². The summed E-state index contributed by atoms with van der Waals surface area (Å²) in [7, 11) is 2.27. The van der Waals surface area contributed by atoms with Gasteiger partial charge in [-0.3, -0.25) is 0 Å². The molecule has 0 aromatic rings. The van der Waals surface area contributed by atoms with Gasteiger partial charge in [-0.15, -0.1) is 0 Å². The molecule has 2 heteroatoms. The van der Waals surface area contributed by atoms with Gasteiger partial charge in [-0.2, -0.15) is 0 Å². The van der Waals surface area contributed by atoms with Crippen LogP contribution in [0.15, 0.2) is 0 Å². The summed E-state index contributed by atoms with van der Waals surface area (Å²) in [6.45, 7) is 3.49. The van der Waals surface area contributed by atoms with E-state index in [1.165, 1.54) is 45.2 Å². The van der Waals surface area contributed by atoms with Crippen LogP contribution < -0.4 is 5.73 Å². The fourth-order valence-electron chi connectivity index (χ4n) is 2.35. The molecule has 2 aliphatic rings. The van der Waals surface area contributed by atoms with Gasteiger partial charge in [0.25, 0.3) is 0 Å². The van der Waals surface area contributed by atoms with E-state index < -0.39 is 0 Å². The standard InChI is InChI=1S/C11H22N2/c1-13(8-10-2-3-10)9-11(4-5-11)6-7-12/h10H,2-9,12H2,1H3. The van der Waals surface area contributed by atoms with Gasteiger partial charge in [-0.25, -0.2) is 0 Å². The number of rotatable bonds is 6. The minimum absolute atomic E-state index is 0.637. The van der Waals surface area contributed by atoms with Crippen LogP contribution in [0, 0.1) is 11.3 Å². The lowest BCUT2D eigenvalue weighted by molar-refractivity contribution is 0.247. The van der Waals surface area contributed by atoms with Crippen molar-refractivity contribution in [2.24, 2.45) is 17.1 Å². The smallest absolute Gasteiger partial charge is 0.00355 e. The molecule has 0 radical (unpaired) electrons. The lowest BCUT2D eigenvalue weighted by atomic mass is 10.0. The minimum atomic E-state index is 0.637. The maximum absolute atomic E-state index is 5.63. The van der Waals surface area contributed by atoms with Gasteiger partial charge >= 0.3 is 0 Å². The first kappa shape index (κ1) is 9.47. The Balaban J connectivity index is 1.69. The second-order valence-corrected chi connectivity index (χ2v) is 5.18. The second-order valence-electron chi connectivity index (χ2n) is 5.18. The van der Waals surface area contributed by atoms with Crippen LogP contribution in [-0.4, -0.2) is 31.6 Å². The summed E-state index contributed by atoms with van der Waals surface area (Å²) in [6.07, 6.45) is 7.00. The third-order valence-corrected chi connectivity index (χ3v) is 3.50. The Labute approximate surface area is 81.5 Å². The van der Waals surface area contributed by atoms with Crippen LogP contribution in [0.1, 0.15) is 32.1 Å².